The van der Waals surface area contributed by atoms with Gasteiger partial charge in [0.05, 0.1) is 12.8 Å². The van der Waals surface area contributed by atoms with Crippen molar-refractivity contribution in [3.63, 3.8) is 0 Å². The van der Waals surface area contributed by atoms with Crippen LogP contribution in [0.15, 0.2) is 41.0 Å². The van der Waals surface area contributed by atoms with E-state index in [0.29, 0.717) is 11.2 Å². The molecule has 0 spiro atoms. The van der Waals surface area contributed by atoms with E-state index in [9.17, 15) is 0 Å². The van der Waals surface area contributed by atoms with Crippen LogP contribution in [0.5, 0.6) is 5.75 Å². The zero-order valence-corrected chi connectivity index (χ0v) is 14.4. The molecular formula is C16H18BrClN2O. The van der Waals surface area contributed by atoms with E-state index in [1.54, 1.807) is 13.3 Å². The van der Waals surface area contributed by atoms with Gasteiger partial charge in [-0.2, -0.15) is 0 Å². The lowest BCUT2D eigenvalue weighted by Crippen LogP contribution is -2.16. The van der Waals surface area contributed by atoms with Crippen molar-refractivity contribution in [1.82, 2.24) is 4.98 Å². The lowest BCUT2D eigenvalue weighted by molar-refractivity contribution is 0.414. The fourth-order valence-electron chi connectivity index (χ4n) is 2.04. The first-order valence-electron chi connectivity index (χ1n) is 6.79. The fraction of sp³-hybridized carbons (Fsp3) is 0.312. The second kappa shape index (κ2) is 7.66. The molecule has 5 heteroatoms. The molecule has 1 unspecified atom stereocenters. The lowest BCUT2D eigenvalue weighted by Gasteiger charge is -2.16. The molecule has 0 radical (unpaired) electrons. The number of nitrogens with one attached hydrogen (secondary N) is 1. The van der Waals surface area contributed by atoms with Gasteiger partial charge in [0.15, 0.2) is 5.15 Å². The minimum Gasteiger partial charge on any atom is -0.497 e. The van der Waals surface area contributed by atoms with E-state index < -0.39 is 0 Å². The number of nitrogens with zero attached hydrogens (tertiary/aromatic N) is 1. The Morgan fingerprint density at radius 1 is 1.33 bits per heavy atom. The smallest absolute Gasteiger partial charge is 0.152 e. The number of halogens is 2. The molecule has 1 aromatic carbocycles. The molecular weight excluding hydrogens is 352 g/mol. The number of rotatable bonds is 6. The largest absolute Gasteiger partial charge is 0.497 e. The third kappa shape index (κ3) is 4.90. The first-order valence-corrected chi connectivity index (χ1v) is 7.96. The highest BCUT2D eigenvalue weighted by atomic mass is 79.9. The molecule has 0 bridgehead atoms. The number of benzene rings is 1. The Morgan fingerprint density at radius 2 is 2.05 bits per heavy atom. The average Bonchev–Trinajstić information content (AvgIpc) is 2.49. The molecule has 3 nitrogen and oxygen atoms in total. The summed E-state index contributed by atoms with van der Waals surface area (Å²) in [6.07, 6.45) is 3.70. The predicted octanol–water partition coefficient (Wildman–Crippen LogP) is 4.94. The normalized spacial score (nSPS) is 12.0. The number of ether oxygens (including phenoxy) is 1. The fourth-order valence-corrected chi connectivity index (χ4v) is 2.53. The molecule has 0 fully saturated rings. The maximum absolute atomic E-state index is 6.08. The summed E-state index contributed by atoms with van der Waals surface area (Å²) in [7, 11) is 1.68. The van der Waals surface area contributed by atoms with Crippen molar-refractivity contribution in [2.45, 2.75) is 25.8 Å². The number of hydrogen-bond acceptors (Lipinski definition) is 3. The van der Waals surface area contributed by atoms with Crippen LogP contribution >= 0.6 is 27.5 Å². The van der Waals surface area contributed by atoms with Crippen LogP contribution in [0.3, 0.4) is 0 Å². The first kappa shape index (κ1) is 16.1. The van der Waals surface area contributed by atoms with Crippen LogP contribution in [0.4, 0.5) is 5.69 Å². The van der Waals surface area contributed by atoms with E-state index in [2.05, 4.69) is 45.3 Å². The van der Waals surface area contributed by atoms with Gasteiger partial charge in [0.1, 0.15) is 5.75 Å². The highest BCUT2D eigenvalue weighted by Gasteiger charge is 2.07. The van der Waals surface area contributed by atoms with Gasteiger partial charge in [0, 0.05) is 16.7 Å². The Labute approximate surface area is 138 Å². The van der Waals surface area contributed by atoms with Crippen LogP contribution in [-0.4, -0.2) is 18.1 Å². The van der Waals surface area contributed by atoms with Crippen LogP contribution < -0.4 is 10.1 Å². The minimum absolute atomic E-state index is 0.306. The molecule has 1 N–H and O–H groups in total. The van der Waals surface area contributed by atoms with Crippen LogP contribution in [0.25, 0.3) is 0 Å². The molecule has 0 saturated heterocycles. The van der Waals surface area contributed by atoms with Gasteiger partial charge in [-0.3, -0.25) is 0 Å². The van der Waals surface area contributed by atoms with Gasteiger partial charge in [-0.1, -0.05) is 23.7 Å². The van der Waals surface area contributed by atoms with Crippen molar-refractivity contribution in [1.29, 1.82) is 0 Å². The summed E-state index contributed by atoms with van der Waals surface area (Å²) in [5.41, 5.74) is 2.15. The SMILES string of the molecule is COc1ccc(CCC(C)Nc2cc(Br)cnc2Cl)cc1. The summed E-state index contributed by atoms with van der Waals surface area (Å²) in [6.45, 7) is 2.14. The van der Waals surface area contributed by atoms with Crippen molar-refractivity contribution in [3.05, 3.63) is 51.7 Å². The standard InChI is InChI=1S/C16H18BrClN2O/c1-11(20-15-9-13(17)10-19-16(15)18)3-4-12-5-7-14(21-2)8-6-12/h5-11,20H,3-4H2,1-2H3. The third-order valence-electron chi connectivity index (χ3n) is 3.23. The van der Waals surface area contributed by atoms with Crippen molar-refractivity contribution in [2.75, 3.05) is 12.4 Å². The van der Waals surface area contributed by atoms with Crippen LogP contribution in [-0.2, 0) is 6.42 Å². The number of methoxy groups -OCH3 is 1. The average molecular weight is 370 g/mol. The number of pyridine rings is 1. The van der Waals surface area contributed by atoms with Crippen LogP contribution in [0.1, 0.15) is 18.9 Å². The van der Waals surface area contributed by atoms with Gasteiger partial charge in [-0.25, -0.2) is 4.98 Å². The molecule has 0 aliphatic rings. The maximum Gasteiger partial charge on any atom is 0.152 e. The van der Waals surface area contributed by atoms with Crippen molar-refractivity contribution >= 4 is 33.2 Å². The highest BCUT2D eigenvalue weighted by molar-refractivity contribution is 9.10. The number of aryl methyl sites for hydroxylation is 1. The molecule has 2 aromatic rings. The zero-order valence-electron chi connectivity index (χ0n) is 12.1. The monoisotopic (exact) mass is 368 g/mol. The Kier molecular flexibility index (Phi) is 5.88. The van der Waals surface area contributed by atoms with Gasteiger partial charge in [-0.05, 0) is 59.5 Å². The Morgan fingerprint density at radius 3 is 2.71 bits per heavy atom. The molecule has 1 atom stereocenters. The molecule has 2 rings (SSSR count). The molecule has 0 aliphatic carbocycles. The summed E-state index contributed by atoms with van der Waals surface area (Å²) in [5, 5.41) is 3.89. The second-order valence-electron chi connectivity index (χ2n) is 4.92. The van der Waals surface area contributed by atoms with E-state index in [4.69, 9.17) is 16.3 Å². The van der Waals surface area contributed by atoms with Crippen molar-refractivity contribution in [3.8, 4) is 5.75 Å². The zero-order chi connectivity index (χ0) is 15.2. The first-order chi connectivity index (χ1) is 10.1. The van der Waals surface area contributed by atoms with E-state index >= 15 is 0 Å². The van der Waals surface area contributed by atoms with Gasteiger partial charge in [0.2, 0.25) is 0 Å². The summed E-state index contributed by atoms with van der Waals surface area (Å²) < 4.78 is 6.07. The number of aromatic nitrogens is 1. The number of anilines is 1. The molecule has 21 heavy (non-hydrogen) atoms. The van der Waals surface area contributed by atoms with Crippen LogP contribution in [0.2, 0.25) is 5.15 Å². The molecule has 0 amide bonds. The third-order valence-corrected chi connectivity index (χ3v) is 3.97. The lowest BCUT2D eigenvalue weighted by atomic mass is 10.1. The highest BCUT2D eigenvalue weighted by Crippen LogP contribution is 2.24. The minimum atomic E-state index is 0.306. The second-order valence-corrected chi connectivity index (χ2v) is 6.20. The summed E-state index contributed by atoms with van der Waals surface area (Å²) >= 11 is 9.48. The number of hydrogen-bond donors (Lipinski definition) is 1. The summed E-state index contributed by atoms with van der Waals surface area (Å²) in [4.78, 5) is 4.11. The maximum atomic E-state index is 6.08. The summed E-state index contributed by atoms with van der Waals surface area (Å²) in [5.74, 6) is 0.886. The Hall–Kier alpha value is -1.26. The predicted molar refractivity (Wildman–Crippen MR) is 91.3 cm³/mol. The van der Waals surface area contributed by atoms with Crippen molar-refractivity contribution in [2.24, 2.45) is 0 Å². The Balaban J connectivity index is 1.89. The topological polar surface area (TPSA) is 34.1 Å². The van der Waals surface area contributed by atoms with Gasteiger partial charge in [-0.15, -0.1) is 0 Å². The van der Waals surface area contributed by atoms with Gasteiger partial charge < -0.3 is 10.1 Å². The van der Waals surface area contributed by atoms with Gasteiger partial charge in [0.25, 0.3) is 0 Å². The summed E-state index contributed by atoms with van der Waals surface area (Å²) in [6, 6.07) is 10.4. The molecule has 1 aromatic heterocycles. The van der Waals surface area contributed by atoms with Gasteiger partial charge >= 0.3 is 0 Å². The van der Waals surface area contributed by atoms with E-state index in [-0.39, 0.29) is 0 Å². The van der Waals surface area contributed by atoms with E-state index in [1.165, 1.54) is 5.56 Å². The molecule has 0 aliphatic heterocycles. The molecule has 0 saturated carbocycles. The van der Waals surface area contributed by atoms with E-state index in [1.807, 2.05) is 18.2 Å². The molecule has 1 heterocycles. The van der Waals surface area contributed by atoms with Crippen LogP contribution in [0, 0.1) is 0 Å². The van der Waals surface area contributed by atoms with E-state index in [0.717, 1.165) is 28.8 Å². The Bertz CT molecular complexity index is 589. The van der Waals surface area contributed by atoms with Crippen molar-refractivity contribution < 1.29 is 4.74 Å². The quantitative estimate of drug-likeness (QED) is 0.732. The molecule has 112 valence electrons.